The average Bonchev–Trinajstić information content (AvgIpc) is 2.40. The highest BCUT2D eigenvalue weighted by atomic mass is 35.5. The fraction of sp³-hybridized carbons (Fsp3) is 0.462. The molecule has 0 saturated carbocycles. The van der Waals surface area contributed by atoms with Gasteiger partial charge in [0, 0.05) is 13.1 Å². The molecule has 1 aromatic rings. The number of hydrogen-bond donors (Lipinski definition) is 1. The number of halogens is 2. The van der Waals surface area contributed by atoms with E-state index < -0.39 is 12.0 Å². The summed E-state index contributed by atoms with van der Waals surface area (Å²) in [6.07, 6.45) is 0.409. The maximum atomic E-state index is 11.4. The summed E-state index contributed by atoms with van der Waals surface area (Å²) in [6, 6.07) is 4.67. The molecule has 0 radical (unpaired) electrons. The molecule has 1 aromatic carbocycles. The van der Waals surface area contributed by atoms with Crippen molar-refractivity contribution in [3.8, 4) is 0 Å². The van der Waals surface area contributed by atoms with Crippen molar-refractivity contribution in [3.05, 3.63) is 33.8 Å². The minimum Gasteiger partial charge on any atom is -0.480 e. The second kappa shape index (κ2) is 6.57. The standard InChI is InChI=1S/C13H15Cl2NO3/c14-10-2-1-9(7-11(10)15)8-12(13(17)18)16-3-5-19-6-4-16/h1-2,7,12H,3-6,8H2,(H,17,18)/t12-/m0/s1. The van der Waals surface area contributed by atoms with Gasteiger partial charge in [-0.15, -0.1) is 0 Å². The molecule has 1 aliphatic heterocycles. The number of morpholine rings is 1. The zero-order valence-electron chi connectivity index (χ0n) is 10.3. The molecule has 0 amide bonds. The van der Waals surface area contributed by atoms with E-state index in [2.05, 4.69) is 0 Å². The van der Waals surface area contributed by atoms with E-state index in [1.54, 1.807) is 12.1 Å². The molecule has 2 rings (SSSR count). The Morgan fingerprint density at radius 2 is 2.00 bits per heavy atom. The molecule has 4 nitrogen and oxygen atoms in total. The molecule has 0 aliphatic carbocycles. The molecule has 19 heavy (non-hydrogen) atoms. The molecule has 1 atom stereocenters. The molecule has 1 saturated heterocycles. The van der Waals surface area contributed by atoms with Gasteiger partial charge in [0.05, 0.1) is 23.3 Å². The molecule has 0 unspecified atom stereocenters. The van der Waals surface area contributed by atoms with Crippen molar-refractivity contribution < 1.29 is 14.6 Å². The van der Waals surface area contributed by atoms with E-state index in [9.17, 15) is 9.90 Å². The number of carbonyl (C=O) groups is 1. The van der Waals surface area contributed by atoms with Gasteiger partial charge in [0.1, 0.15) is 6.04 Å². The number of ether oxygens (including phenoxy) is 1. The van der Waals surface area contributed by atoms with Crippen LogP contribution in [0.25, 0.3) is 0 Å². The summed E-state index contributed by atoms with van der Waals surface area (Å²) in [7, 11) is 0. The first-order valence-electron chi connectivity index (χ1n) is 6.06. The summed E-state index contributed by atoms with van der Waals surface area (Å²) >= 11 is 11.8. The molecule has 0 spiro atoms. The van der Waals surface area contributed by atoms with E-state index in [1.165, 1.54) is 0 Å². The lowest BCUT2D eigenvalue weighted by Gasteiger charge is -2.32. The van der Waals surface area contributed by atoms with Crippen LogP contribution in [0, 0.1) is 0 Å². The first kappa shape index (κ1) is 14.6. The van der Waals surface area contributed by atoms with E-state index >= 15 is 0 Å². The van der Waals surface area contributed by atoms with Crippen molar-refractivity contribution in [1.29, 1.82) is 0 Å². The molecule has 104 valence electrons. The Morgan fingerprint density at radius 3 is 2.58 bits per heavy atom. The molecular formula is C13H15Cl2NO3. The Morgan fingerprint density at radius 1 is 1.32 bits per heavy atom. The normalized spacial score (nSPS) is 18.2. The predicted octanol–water partition coefficient (Wildman–Crippen LogP) is 2.32. The van der Waals surface area contributed by atoms with E-state index in [0.717, 1.165) is 5.56 Å². The summed E-state index contributed by atoms with van der Waals surface area (Å²) in [5, 5.41) is 10.3. The highest BCUT2D eigenvalue weighted by molar-refractivity contribution is 6.42. The number of benzene rings is 1. The zero-order valence-corrected chi connectivity index (χ0v) is 11.8. The van der Waals surface area contributed by atoms with Crippen molar-refractivity contribution in [3.63, 3.8) is 0 Å². The van der Waals surface area contributed by atoms with Crippen LogP contribution in [0.4, 0.5) is 0 Å². The number of hydrogen-bond acceptors (Lipinski definition) is 3. The fourth-order valence-electron chi connectivity index (χ4n) is 2.15. The van der Waals surface area contributed by atoms with Crippen molar-refractivity contribution in [2.45, 2.75) is 12.5 Å². The van der Waals surface area contributed by atoms with Gasteiger partial charge in [0.25, 0.3) is 0 Å². The summed E-state index contributed by atoms with van der Waals surface area (Å²) in [4.78, 5) is 13.3. The molecular weight excluding hydrogens is 289 g/mol. The largest absolute Gasteiger partial charge is 0.480 e. The minimum absolute atomic E-state index is 0.409. The van der Waals surface area contributed by atoms with Crippen LogP contribution in [0.1, 0.15) is 5.56 Å². The Kier molecular flexibility index (Phi) is 5.05. The molecule has 1 heterocycles. The summed E-state index contributed by atoms with van der Waals surface area (Å²) in [6.45, 7) is 2.42. The first-order valence-corrected chi connectivity index (χ1v) is 6.82. The Bertz CT molecular complexity index is 461. The monoisotopic (exact) mass is 303 g/mol. The van der Waals surface area contributed by atoms with Gasteiger partial charge in [-0.25, -0.2) is 0 Å². The van der Waals surface area contributed by atoms with E-state index in [1.807, 2.05) is 11.0 Å². The minimum atomic E-state index is -0.826. The van der Waals surface area contributed by atoms with Crippen LogP contribution in [0.2, 0.25) is 10.0 Å². The van der Waals surface area contributed by atoms with E-state index in [-0.39, 0.29) is 0 Å². The topological polar surface area (TPSA) is 49.8 Å². The van der Waals surface area contributed by atoms with Gasteiger partial charge >= 0.3 is 5.97 Å². The second-order valence-electron chi connectivity index (χ2n) is 4.45. The quantitative estimate of drug-likeness (QED) is 0.927. The van der Waals surface area contributed by atoms with Crippen LogP contribution in [-0.2, 0) is 16.0 Å². The Hall–Kier alpha value is -0.810. The van der Waals surface area contributed by atoms with Gasteiger partial charge in [0.15, 0.2) is 0 Å². The van der Waals surface area contributed by atoms with Gasteiger partial charge in [-0.05, 0) is 24.1 Å². The highest BCUT2D eigenvalue weighted by Crippen LogP contribution is 2.24. The van der Waals surface area contributed by atoms with Crippen molar-refractivity contribution >= 4 is 29.2 Å². The molecule has 0 bridgehead atoms. The van der Waals surface area contributed by atoms with E-state index in [4.69, 9.17) is 27.9 Å². The van der Waals surface area contributed by atoms with Gasteiger partial charge in [-0.1, -0.05) is 29.3 Å². The maximum absolute atomic E-state index is 11.4. The molecule has 1 fully saturated rings. The van der Waals surface area contributed by atoms with Gasteiger partial charge in [-0.3, -0.25) is 9.69 Å². The fourth-order valence-corrected chi connectivity index (χ4v) is 2.47. The van der Waals surface area contributed by atoms with Crippen LogP contribution >= 0.6 is 23.2 Å². The smallest absolute Gasteiger partial charge is 0.321 e. The summed E-state index contributed by atoms with van der Waals surface area (Å²) in [5.74, 6) is -0.826. The number of carboxylic acids is 1. The predicted molar refractivity (Wildman–Crippen MR) is 74.0 cm³/mol. The van der Waals surface area contributed by atoms with Crippen molar-refractivity contribution in [2.24, 2.45) is 0 Å². The van der Waals surface area contributed by atoms with E-state index in [0.29, 0.717) is 42.8 Å². The summed E-state index contributed by atoms with van der Waals surface area (Å²) in [5.41, 5.74) is 0.869. The third-order valence-electron chi connectivity index (χ3n) is 3.18. The lowest BCUT2D eigenvalue weighted by Crippen LogP contribution is -2.48. The third kappa shape index (κ3) is 3.83. The highest BCUT2D eigenvalue weighted by Gasteiger charge is 2.27. The molecule has 0 aromatic heterocycles. The lowest BCUT2D eigenvalue weighted by molar-refractivity contribution is -0.145. The third-order valence-corrected chi connectivity index (χ3v) is 3.92. The van der Waals surface area contributed by atoms with Crippen LogP contribution in [0.3, 0.4) is 0 Å². The van der Waals surface area contributed by atoms with Crippen molar-refractivity contribution in [1.82, 2.24) is 4.90 Å². The lowest BCUT2D eigenvalue weighted by atomic mass is 10.0. The number of nitrogens with zero attached hydrogens (tertiary/aromatic N) is 1. The maximum Gasteiger partial charge on any atom is 0.321 e. The van der Waals surface area contributed by atoms with Gasteiger partial charge in [-0.2, -0.15) is 0 Å². The summed E-state index contributed by atoms with van der Waals surface area (Å²) < 4.78 is 5.24. The van der Waals surface area contributed by atoms with Crippen molar-refractivity contribution in [2.75, 3.05) is 26.3 Å². The molecule has 1 aliphatic rings. The van der Waals surface area contributed by atoms with Gasteiger partial charge < -0.3 is 9.84 Å². The zero-order chi connectivity index (χ0) is 13.8. The average molecular weight is 304 g/mol. The van der Waals surface area contributed by atoms with Crippen LogP contribution < -0.4 is 0 Å². The SMILES string of the molecule is O=C(O)[C@H](Cc1ccc(Cl)c(Cl)c1)N1CCOCC1. The number of aliphatic carboxylic acids is 1. The molecule has 1 N–H and O–H groups in total. The Labute approximate surface area is 121 Å². The molecule has 6 heteroatoms. The van der Waals surface area contributed by atoms with Crippen LogP contribution in [-0.4, -0.2) is 48.3 Å². The number of rotatable bonds is 4. The first-order chi connectivity index (χ1) is 9.08. The van der Waals surface area contributed by atoms with Gasteiger partial charge in [0.2, 0.25) is 0 Å². The second-order valence-corrected chi connectivity index (χ2v) is 5.27. The number of carboxylic acid groups (broad SMARTS) is 1. The van der Waals surface area contributed by atoms with Crippen LogP contribution in [0.5, 0.6) is 0 Å². The van der Waals surface area contributed by atoms with Crippen LogP contribution in [0.15, 0.2) is 18.2 Å². The Balaban J connectivity index is 2.11.